The van der Waals surface area contributed by atoms with E-state index in [4.69, 9.17) is 5.73 Å². The van der Waals surface area contributed by atoms with E-state index >= 15 is 0 Å². The Morgan fingerprint density at radius 2 is 1.90 bits per heavy atom. The normalized spacial score (nSPS) is 23.1. The largest absolute Gasteiger partial charge is 0.369 e. The molecule has 1 aliphatic heterocycles. The van der Waals surface area contributed by atoms with Gasteiger partial charge in [0.25, 0.3) is 10.2 Å². The number of carbonyl (C=O) groups is 1. The summed E-state index contributed by atoms with van der Waals surface area (Å²) in [5, 5.41) is 3.18. The molecule has 0 bridgehead atoms. The van der Waals surface area contributed by atoms with Gasteiger partial charge in [-0.3, -0.25) is 4.79 Å². The first kappa shape index (κ1) is 15.7. The van der Waals surface area contributed by atoms with Crippen LogP contribution in [0.15, 0.2) is 0 Å². The second-order valence-electron chi connectivity index (χ2n) is 5.46. The molecular formula is C12H24N4O3S. The number of nitrogens with two attached hydrogens (primary N) is 1. The summed E-state index contributed by atoms with van der Waals surface area (Å²) in [6.45, 7) is 2.21. The van der Waals surface area contributed by atoms with Gasteiger partial charge in [-0.1, -0.05) is 12.8 Å². The van der Waals surface area contributed by atoms with E-state index < -0.39 is 16.1 Å². The van der Waals surface area contributed by atoms with Crippen LogP contribution in [0.1, 0.15) is 32.1 Å². The van der Waals surface area contributed by atoms with Crippen molar-refractivity contribution in [3.05, 3.63) is 0 Å². The van der Waals surface area contributed by atoms with E-state index in [0.717, 1.165) is 38.6 Å². The molecule has 7 nitrogen and oxygen atoms in total. The average Bonchev–Trinajstić information content (AvgIpc) is 2.76. The summed E-state index contributed by atoms with van der Waals surface area (Å²) in [6.07, 6.45) is 4.44. The van der Waals surface area contributed by atoms with Gasteiger partial charge < -0.3 is 11.1 Å². The van der Waals surface area contributed by atoms with Crippen LogP contribution in [0.2, 0.25) is 0 Å². The Bertz CT molecular complexity index is 426. The number of hydrogen-bond acceptors (Lipinski definition) is 4. The fourth-order valence-corrected chi connectivity index (χ4v) is 4.80. The van der Waals surface area contributed by atoms with E-state index in [1.54, 1.807) is 0 Å². The summed E-state index contributed by atoms with van der Waals surface area (Å²) in [4.78, 5) is 11.2. The molecule has 1 amide bonds. The van der Waals surface area contributed by atoms with Gasteiger partial charge in [-0.05, 0) is 25.8 Å². The Kier molecular flexibility index (Phi) is 5.36. The minimum Gasteiger partial charge on any atom is -0.369 e. The van der Waals surface area contributed by atoms with Gasteiger partial charge in [0.05, 0.1) is 6.54 Å². The van der Waals surface area contributed by atoms with Gasteiger partial charge in [0.15, 0.2) is 0 Å². The van der Waals surface area contributed by atoms with Crippen molar-refractivity contribution < 1.29 is 13.2 Å². The second-order valence-corrected chi connectivity index (χ2v) is 7.34. The van der Waals surface area contributed by atoms with E-state index in [0.29, 0.717) is 19.6 Å². The zero-order valence-electron chi connectivity index (χ0n) is 11.8. The molecule has 2 rings (SSSR count). The molecule has 1 heterocycles. The Balaban J connectivity index is 2.17. The van der Waals surface area contributed by atoms with Crippen molar-refractivity contribution in [1.82, 2.24) is 13.9 Å². The third-order valence-corrected chi connectivity index (χ3v) is 6.00. The van der Waals surface area contributed by atoms with Crippen LogP contribution in [0, 0.1) is 0 Å². The number of amides is 1. The molecule has 116 valence electrons. The highest BCUT2D eigenvalue weighted by Crippen LogP contribution is 2.26. The molecule has 20 heavy (non-hydrogen) atoms. The van der Waals surface area contributed by atoms with Gasteiger partial charge in [0.1, 0.15) is 0 Å². The van der Waals surface area contributed by atoms with Crippen molar-refractivity contribution in [2.24, 2.45) is 5.73 Å². The minimum absolute atomic E-state index is 0.0799. The van der Waals surface area contributed by atoms with Gasteiger partial charge in [-0.15, -0.1) is 0 Å². The summed E-state index contributed by atoms with van der Waals surface area (Å²) in [5.41, 5.74) is 5.24. The van der Waals surface area contributed by atoms with Gasteiger partial charge in [-0.25, -0.2) is 0 Å². The van der Waals surface area contributed by atoms with Crippen LogP contribution >= 0.6 is 0 Å². The van der Waals surface area contributed by atoms with Gasteiger partial charge in [-0.2, -0.15) is 17.0 Å². The molecule has 3 N–H and O–H groups in total. The minimum atomic E-state index is -3.60. The van der Waals surface area contributed by atoms with Gasteiger partial charge >= 0.3 is 0 Å². The Hall–Kier alpha value is -0.700. The molecule has 0 spiro atoms. The maximum Gasteiger partial charge on any atom is 0.282 e. The number of nitrogens with one attached hydrogen (secondary N) is 1. The quantitative estimate of drug-likeness (QED) is 0.699. The van der Waals surface area contributed by atoms with E-state index in [1.165, 1.54) is 8.61 Å². The maximum absolute atomic E-state index is 12.8. The first-order valence-electron chi connectivity index (χ1n) is 7.28. The van der Waals surface area contributed by atoms with E-state index in [2.05, 4.69) is 5.32 Å². The van der Waals surface area contributed by atoms with Crippen molar-refractivity contribution in [2.75, 3.05) is 32.7 Å². The summed E-state index contributed by atoms with van der Waals surface area (Å²) < 4.78 is 28.4. The lowest BCUT2D eigenvalue weighted by molar-refractivity contribution is -0.118. The molecule has 1 saturated carbocycles. The first-order valence-corrected chi connectivity index (χ1v) is 8.67. The molecule has 1 aliphatic carbocycles. The number of nitrogens with zero attached hydrogens (tertiary/aromatic N) is 2. The molecule has 0 aromatic carbocycles. The second kappa shape index (κ2) is 6.84. The zero-order chi connectivity index (χ0) is 14.6. The molecule has 0 radical (unpaired) electrons. The number of rotatable bonds is 5. The highest BCUT2D eigenvalue weighted by atomic mass is 32.2. The summed E-state index contributed by atoms with van der Waals surface area (Å²) in [6, 6.07) is -0.0799. The smallest absolute Gasteiger partial charge is 0.282 e. The maximum atomic E-state index is 12.8. The Labute approximate surface area is 120 Å². The zero-order valence-corrected chi connectivity index (χ0v) is 12.6. The van der Waals surface area contributed by atoms with Crippen LogP contribution < -0.4 is 11.1 Å². The van der Waals surface area contributed by atoms with Crippen LogP contribution in [-0.4, -0.2) is 61.7 Å². The van der Waals surface area contributed by atoms with Gasteiger partial charge in [0.2, 0.25) is 5.91 Å². The monoisotopic (exact) mass is 304 g/mol. The number of hydrogen-bond donors (Lipinski definition) is 2. The van der Waals surface area contributed by atoms with Crippen molar-refractivity contribution in [2.45, 2.75) is 38.1 Å². The van der Waals surface area contributed by atoms with Crippen LogP contribution in [-0.2, 0) is 15.0 Å². The van der Waals surface area contributed by atoms with E-state index in [9.17, 15) is 13.2 Å². The molecule has 2 aliphatic rings. The molecule has 0 aromatic rings. The number of carbonyl (C=O) groups excluding carboxylic acids is 1. The third-order valence-electron chi connectivity index (χ3n) is 3.97. The van der Waals surface area contributed by atoms with Crippen LogP contribution in [0.3, 0.4) is 0 Å². The van der Waals surface area contributed by atoms with E-state index in [1.807, 2.05) is 0 Å². The Morgan fingerprint density at radius 1 is 1.20 bits per heavy atom. The van der Waals surface area contributed by atoms with Crippen LogP contribution in [0.4, 0.5) is 0 Å². The van der Waals surface area contributed by atoms with Crippen molar-refractivity contribution >= 4 is 16.1 Å². The summed E-state index contributed by atoms with van der Waals surface area (Å²) >= 11 is 0. The standard InChI is InChI=1S/C12H24N4O3S/c13-12(17)10-16(11-4-1-2-5-11)20(18,19)15-8-3-6-14-7-9-15/h11,14H,1-10H2,(H2,13,17). The Morgan fingerprint density at radius 3 is 2.55 bits per heavy atom. The van der Waals surface area contributed by atoms with E-state index in [-0.39, 0.29) is 12.6 Å². The molecule has 0 atom stereocenters. The fourth-order valence-electron chi connectivity index (χ4n) is 2.94. The topological polar surface area (TPSA) is 95.7 Å². The lowest BCUT2D eigenvalue weighted by Crippen LogP contribution is -2.51. The summed E-state index contributed by atoms with van der Waals surface area (Å²) in [7, 11) is -3.60. The highest BCUT2D eigenvalue weighted by Gasteiger charge is 2.37. The molecule has 2 fully saturated rings. The predicted octanol–water partition coefficient (Wildman–Crippen LogP) is -0.744. The molecular weight excluding hydrogens is 280 g/mol. The molecule has 0 unspecified atom stereocenters. The predicted molar refractivity (Wildman–Crippen MR) is 76.1 cm³/mol. The SMILES string of the molecule is NC(=O)CN(C1CCCC1)S(=O)(=O)N1CCCNCC1. The lowest BCUT2D eigenvalue weighted by Gasteiger charge is -2.32. The summed E-state index contributed by atoms with van der Waals surface area (Å²) in [5.74, 6) is -0.589. The lowest BCUT2D eigenvalue weighted by atomic mass is 10.2. The fraction of sp³-hybridized carbons (Fsp3) is 0.917. The third kappa shape index (κ3) is 3.69. The van der Waals surface area contributed by atoms with Crippen molar-refractivity contribution in [3.8, 4) is 0 Å². The first-order chi connectivity index (χ1) is 9.51. The van der Waals surface area contributed by atoms with Crippen molar-refractivity contribution in [3.63, 3.8) is 0 Å². The average molecular weight is 304 g/mol. The van der Waals surface area contributed by atoms with Crippen LogP contribution in [0.5, 0.6) is 0 Å². The molecule has 8 heteroatoms. The number of primary amides is 1. The highest BCUT2D eigenvalue weighted by molar-refractivity contribution is 7.86. The van der Waals surface area contributed by atoms with Crippen LogP contribution in [0.25, 0.3) is 0 Å². The van der Waals surface area contributed by atoms with Gasteiger partial charge in [0, 0.05) is 25.7 Å². The molecule has 0 aromatic heterocycles. The molecule has 1 saturated heterocycles. The van der Waals surface area contributed by atoms with Crippen molar-refractivity contribution in [1.29, 1.82) is 0 Å².